The Bertz CT molecular complexity index is 2330. The van der Waals surface area contributed by atoms with E-state index in [0.717, 1.165) is 16.6 Å². The van der Waals surface area contributed by atoms with Gasteiger partial charge in [-0.15, -0.1) is 11.3 Å². The SMILES string of the molecule is c1ccc2c(c1)-c1cc(-c3cccc4c3sc3ccccc34)ccc1-c1cnc3ncccc3c1-c1ccccc1-2. The highest BCUT2D eigenvalue weighted by Crippen LogP contribution is 2.50. The van der Waals surface area contributed by atoms with Crippen LogP contribution in [0, 0.1) is 0 Å². The van der Waals surface area contributed by atoms with Crippen molar-refractivity contribution in [1.82, 2.24) is 9.97 Å². The summed E-state index contributed by atoms with van der Waals surface area (Å²) in [6, 6.07) is 44.1. The minimum atomic E-state index is 0.768. The van der Waals surface area contributed by atoms with Crippen LogP contribution in [0.5, 0.6) is 0 Å². The van der Waals surface area contributed by atoms with Gasteiger partial charge in [0.2, 0.25) is 0 Å². The molecule has 0 atom stereocenters. The van der Waals surface area contributed by atoms with Gasteiger partial charge in [0.05, 0.1) is 0 Å². The van der Waals surface area contributed by atoms with Crippen LogP contribution in [-0.4, -0.2) is 9.97 Å². The van der Waals surface area contributed by atoms with Gasteiger partial charge in [-0.2, -0.15) is 0 Å². The number of pyridine rings is 2. The molecule has 3 heteroatoms. The molecule has 9 rings (SSSR count). The smallest absolute Gasteiger partial charge is 0.159 e. The molecule has 0 amide bonds. The van der Waals surface area contributed by atoms with E-state index in [2.05, 4.69) is 120 Å². The Kier molecular flexibility index (Phi) is 4.80. The Morgan fingerprint density at radius 3 is 1.98 bits per heavy atom. The zero-order chi connectivity index (χ0) is 26.9. The van der Waals surface area contributed by atoms with E-state index in [9.17, 15) is 0 Å². The molecule has 0 saturated carbocycles. The van der Waals surface area contributed by atoms with Gasteiger partial charge in [0.1, 0.15) is 0 Å². The molecule has 190 valence electrons. The normalized spacial score (nSPS) is 11.9. The summed E-state index contributed by atoms with van der Waals surface area (Å²) >= 11 is 1.88. The predicted octanol–water partition coefficient (Wildman–Crippen LogP) is 10.6. The van der Waals surface area contributed by atoms with Gasteiger partial charge in [-0.05, 0) is 68.8 Å². The monoisotopic (exact) mass is 538 g/mol. The predicted molar refractivity (Wildman–Crippen MR) is 173 cm³/mol. The number of hydrogen-bond donors (Lipinski definition) is 0. The van der Waals surface area contributed by atoms with Gasteiger partial charge in [-0.1, -0.05) is 97.1 Å². The van der Waals surface area contributed by atoms with Crippen molar-refractivity contribution in [3.05, 3.63) is 134 Å². The number of hydrogen-bond acceptors (Lipinski definition) is 3. The molecule has 2 nitrogen and oxygen atoms in total. The van der Waals surface area contributed by atoms with E-state index in [-0.39, 0.29) is 0 Å². The highest BCUT2D eigenvalue weighted by Gasteiger charge is 2.24. The van der Waals surface area contributed by atoms with Crippen LogP contribution in [0.15, 0.2) is 134 Å². The second-order valence-corrected chi connectivity index (χ2v) is 11.6. The summed E-state index contributed by atoms with van der Waals surface area (Å²) in [5.74, 6) is 0. The molecule has 8 aromatic rings. The van der Waals surface area contributed by atoms with Gasteiger partial charge in [-0.3, -0.25) is 0 Å². The first-order chi connectivity index (χ1) is 20.3. The van der Waals surface area contributed by atoms with Gasteiger partial charge in [0, 0.05) is 49.1 Å². The summed E-state index contributed by atoms with van der Waals surface area (Å²) in [6.07, 6.45) is 3.83. The lowest BCUT2D eigenvalue weighted by atomic mass is 9.80. The number of fused-ring (bicyclic) bond motifs is 13. The molecular formula is C38H22N2S. The van der Waals surface area contributed by atoms with Crippen molar-refractivity contribution >= 4 is 42.5 Å². The quantitative estimate of drug-likeness (QED) is 0.208. The van der Waals surface area contributed by atoms with Crippen LogP contribution in [0.25, 0.3) is 86.8 Å². The fourth-order valence-electron chi connectivity index (χ4n) is 6.56. The third-order valence-electron chi connectivity index (χ3n) is 8.37. The Morgan fingerprint density at radius 1 is 0.439 bits per heavy atom. The topological polar surface area (TPSA) is 25.8 Å². The number of nitrogens with zero attached hydrogens (tertiary/aromatic N) is 2. The average Bonchev–Trinajstić information content (AvgIpc) is 3.42. The zero-order valence-corrected chi connectivity index (χ0v) is 22.8. The van der Waals surface area contributed by atoms with Crippen molar-refractivity contribution < 1.29 is 0 Å². The van der Waals surface area contributed by atoms with Crippen molar-refractivity contribution in [2.45, 2.75) is 0 Å². The fourth-order valence-corrected chi connectivity index (χ4v) is 7.80. The van der Waals surface area contributed by atoms with E-state index in [1.165, 1.54) is 70.2 Å². The highest BCUT2D eigenvalue weighted by atomic mass is 32.1. The molecule has 0 spiro atoms. The largest absolute Gasteiger partial charge is 0.237 e. The van der Waals surface area contributed by atoms with Crippen LogP contribution < -0.4 is 0 Å². The van der Waals surface area contributed by atoms with E-state index in [4.69, 9.17) is 4.98 Å². The van der Waals surface area contributed by atoms with E-state index >= 15 is 0 Å². The first-order valence-corrected chi connectivity index (χ1v) is 14.6. The molecule has 41 heavy (non-hydrogen) atoms. The van der Waals surface area contributed by atoms with E-state index in [0.29, 0.717) is 0 Å². The minimum absolute atomic E-state index is 0.768. The van der Waals surface area contributed by atoms with Crippen LogP contribution in [0.3, 0.4) is 0 Å². The van der Waals surface area contributed by atoms with Crippen molar-refractivity contribution in [3.63, 3.8) is 0 Å². The first-order valence-electron chi connectivity index (χ1n) is 13.8. The van der Waals surface area contributed by atoms with Gasteiger partial charge in [0.25, 0.3) is 0 Å². The number of benzene rings is 5. The van der Waals surface area contributed by atoms with E-state index in [1.807, 2.05) is 29.8 Å². The molecule has 0 bridgehead atoms. The van der Waals surface area contributed by atoms with Crippen LogP contribution >= 0.6 is 11.3 Å². The molecule has 1 aliphatic carbocycles. The second-order valence-electron chi connectivity index (χ2n) is 10.6. The van der Waals surface area contributed by atoms with E-state index < -0.39 is 0 Å². The van der Waals surface area contributed by atoms with Crippen LogP contribution in [-0.2, 0) is 0 Å². The van der Waals surface area contributed by atoms with Gasteiger partial charge in [0.15, 0.2) is 5.65 Å². The van der Waals surface area contributed by atoms with Crippen LogP contribution in [0.4, 0.5) is 0 Å². The Hall–Kier alpha value is -5.12. The molecule has 3 heterocycles. The maximum Gasteiger partial charge on any atom is 0.159 e. The third kappa shape index (κ3) is 3.30. The summed E-state index contributed by atoms with van der Waals surface area (Å²) in [6.45, 7) is 0. The summed E-state index contributed by atoms with van der Waals surface area (Å²) in [5, 5.41) is 3.71. The Balaban J connectivity index is 1.39. The standard InChI is InChI=1S/C38H22N2S/c1-2-11-27-25(9-1)26-10-3-4-13-30(26)36-32-16-8-20-39-38(32)40-22-34(36)28-19-18-23(21-33(27)28)24-14-7-15-31-29-12-5-6-17-35(29)41-37(24)31/h1-22H. The van der Waals surface area contributed by atoms with Crippen molar-refractivity contribution in [3.8, 4) is 55.6 Å². The lowest BCUT2D eigenvalue weighted by Gasteiger charge is -2.24. The number of aromatic nitrogens is 2. The van der Waals surface area contributed by atoms with Gasteiger partial charge in [-0.25, -0.2) is 9.97 Å². The number of rotatable bonds is 1. The minimum Gasteiger partial charge on any atom is -0.237 e. The third-order valence-corrected chi connectivity index (χ3v) is 9.59. The van der Waals surface area contributed by atoms with Gasteiger partial charge >= 0.3 is 0 Å². The average molecular weight is 539 g/mol. The maximum atomic E-state index is 4.83. The van der Waals surface area contributed by atoms with Crippen LogP contribution in [0.1, 0.15) is 0 Å². The molecular weight excluding hydrogens is 516 g/mol. The van der Waals surface area contributed by atoms with E-state index in [1.54, 1.807) is 0 Å². The summed E-state index contributed by atoms with van der Waals surface area (Å²) in [7, 11) is 0. The fraction of sp³-hybridized carbons (Fsp3) is 0. The molecule has 0 N–H and O–H groups in total. The van der Waals surface area contributed by atoms with Crippen LogP contribution in [0.2, 0.25) is 0 Å². The maximum absolute atomic E-state index is 4.83. The molecule has 5 aromatic carbocycles. The second kappa shape index (κ2) is 8.69. The lowest BCUT2D eigenvalue weighted by Crippen LogP contribution is -1.99. The lowest BCUT2D eigenvalue weighted by molar-refractivity contribution is 1.29. The first kappa shape index (κ1) is 22.7. The summed E-state index contributed by atoms with van der Waals surface area (Å²) in [4.78, 5) is 9.44. The molecule has 3 aromatic heterocycles. The van der Waals surface area contributed by atoms with Crippen molar-refractivity contribution in [1.29, 1.82) is 0 Å². The summed E-state index contributed by atoms with van der Waals surface area (Å²) < 4.78 is 2.65. The molecule has 0 radical (unpaired) electrons. The zero-order valence-electron chi connectivity index (χ0n) is 22.0. The molecule has 0 aliphatic heterocycles. The summed E-state index contributed by atoms with van der Waals surface area (Å²) in [5.41, 5.74) is 12.9. The molecule has 1 aliphatic rings. The van der Waals surface area contributed by atoms with Crippen molar-refractivity contribution in [2.75, 3.05) is 0 Å². The molecule has 0 saturated heterocycles. The van der Waals surface area contributed by atoms with Crippen molar-refractivity contribution in [2.24, 2.45) is 0 Å². The number of thiophene rings is 1. The molecule has 0 fully saturated rings. The highest BCUT2D eigenvalue weighted by molar-refractivity contribution is 7.26. The Labute approximate surface area is 241 Å². The molecule has 0 unspecified atom stereocenters. The Morgan fingerprint density at radius 2 is 1.10 bits per heavy atom. The van der Waals surface area contributed by atoms with Gasteiger partial charge < -0.3 is 0 Å².